The molecule has 168 valence electrons. The highest BCUT2D eigenvalue weighted by Crippen LogP contribution is 2.33. The second-order valence-corrected chi connectivity index (χ2v) is 10.7. The van der Waals surface area contributed by atoms with Crippen LogP contribution in [0.2, 0.25) is 0 Å². The minimum atomic E-state index is -3.54. The quantitative estimate of drug-likeness (QED) is 0.406. The molecule has 0 atom stereocenters. The molecule has 3 rings (SSSR count). The van der Waals surface area contributed by atoms with Gasteiger partial charge in [-0.1, -0.05) is 67.7 Å². The maximum absolute atomic E-state index is 12.6. The number of benzene rings is 2. The number of carbonyl (C=O) groups excluding carboxylic acids is 1. The molecule has 0 aliphatic heterocycles. The van der Waals surface area contributed by atoms with Crippen molar-refractivity contribution in [2.75, 3.05) is 24.2 Å². The summed E-state index contributed by atoms with van der Waals surface area (Å²) >= 11 is 2.84. The van der Waals surface area contributed by atoms with E-state index in [9.17, 15) is 13.2 Å². The van der Waals surface area contributed by atoms with Crippen LogP contribution in [-0.4, -0.2) is 42.5 Å². The molecule has 1 aromatic heterocycles. The van der Waals surface area contributed by atoms with E-state index in [0.29, 0.717) is 18.1 Å². The van der Waals surface area contributed by atoms with Crippen molar-refractivity contribution in [1.82, 2.24) is 9.29 Å². The van der Waals surface area contributed by atoms with E-state index < -0.39 is 10.0 Å². The maximum atomic E-state index is 12.6. The summed E-state index contributed by atoms with van der Waals surface area (Å²) in [5.41, 5.74) is 0.751. The zero-order chi connectivity index (χ0) is 23.0. The van der Waals surface area contributed by atoms with Crippen LogP contribution in [0.25, 0.3) is 0 Å². The van der Waals surface area contributed by atoms with Gasteiger partial charge in [0.1, 0.15) is 4.90 Å². The van der Waals surface area contributed by atoms with Gasteiger partial charge in [-0.3, -0.25) is 4.79 Å². The van der Waals surface area contributed by atoms with E-state index in [1.807, 2.05) is 54.6 Å². The van der Waals surface area contributed by atoms with Crippen LogP contribution in [0.15, 0.2) is 92.6 Å². The largest absolute Gasteiger partial charge is 0.324 e. The van der Waals surface area contributed by atoms with E-state index in [2.05, 4.69) is 10.3 Å². The van der Waals surface area contributed by atoms with Gasteiger partial charge in [0, 0.05) is 29.1 Å². The molecule has 0 spiro atoms. The maximum Gasteiger partial charge on any atom is 0.244 e. The number of nitrogens with one attached hydrogen (secondary N) is 1. The molecule has 1 heterocycles. The zero-order valence-electron chi connectivity index (χ0n) is 17.9. The number of hydrogen-bond acceptors (Lipinski definition) is 6. The van der Waals surface area contributed by atoms with Gasteiger partial charge in [0.25, 0.3) is 0 Å². The Morgan fingerprint density at radius 3 is 2.31 bits per heavy atom. The third-order valence-electron chi connectivity index (χ3n) is 4.54. The summed E-state index contributed by atoms with van der Waals surface area (Å²) in [6.07, 6.45) is 1.35. The Labute approximate surface area is 197 Å². The second-order valence-electron chi connectivity index (χ2n) is 6.67. The lowest BCUT2D eigenvalue weighted by Gasteiger charge is -2.18. The van der Waals surface area contributed by atoms with Gasteiger partial charge in [-0.2, -0.15) is 4.31 Å². The van der Waals surface area contributed by atoms with E-state index >= 15 is 0 Å². The average molecular weight is 488 g/mol. The minimum absolute atomic E-state index is 0.155. The van der Waals surface area contributed by atoms with Crippen molar-refractivity contribution in [1.29, 1.82) is 0 Å². The Hall–Kier alpha value is -2.33. The molecule has 32 heavy (non-hydrogen) atoms. The topological polar surface area (TPSA) is 79.4 Å². The van der Waals surface area contributed by atoms with Gasteiger partial charge >= 0.3 is 0 Å². The van der Waals surface area contributed by atoms with Crippen molar-refractivity contribution in [2.24, 2.45) is 0 Å². The zero-order valence-corrected chi connectivity index (χ0v) is 20.3. The molecule has 9 heteroatoms. The molecule has 0 fully saturated rings. The number of carbonyl (C=O) groups is 1. The number of pyridine rings is 1. The van der Waals surface area contributed by atoms with Crippen molar-refractivity contribution < 1.29 is 13.2 Å². The number of nitrogens with zero attached hydrogens (tertiary/aromatic N) is 2. The fourth-order valence-electron chi connectivity index (χ4n) is 2.92. The lowest BCUT2D eigenvalue weighted by atomic mass is 10.3. The molecule has 6 nitrogen and oxygen atoms in total. The molecule has 1 N–H and O–H groups in total. The van der Waals surface area contributed by atoms with E-state index in [-0.39, 0.29) is 16.6 Å². The first-order valence-electron chi connectivity index (χ1n) is 10.1. The summed E-state index contributed by atoms with van der Waals surface area (Å²) in [5, 5.41) is 3.54. The van der Waals surface area contributed by atoms with Gasteiger partial charge in [0.2, 0.25) is 15.9 Å². The Kier molecular flexibility index (Phi) is 8.75. The normalized spacial score (nSPS) is 11.5. The van der Waals surface area contributed by atoms with Crippen molar-refractivity contribution in [2.45, 2.75) is 33.6 Å². The molecule has 0 bridgehead atoms. The smallest absolute Gasteiger partial charge is 0.244 e. The predicted octanol–water partition coefficient (Wildman–Crippen LogP) is 4.99. The molecule has 0 aliphatic rings. The number of para-hydroxylation sites is 1. The van der Waals surface area contributed by atoms with E-state index in [1.54, 1.807) is 31.7 Å². The van der Waals surface area contributed by atoms with E-state index in [4.69, 9.17) is 0 Å². The van der Waals surface area contributed by atoms with Crippen LogP contribution in [0.3, 0.4) is 0 Å². The van der Waals surface area contributed by atoms with Crippen molar-refractivity contribution >= 4 is 45.1 Å². The summed E-state index contributed by atoms with van der Waals surface area (Å²) < 4.78 is 26.5. The Morgan fingerprint density at radius 1 is 0.969 bits per heavy atom. The molecular weight excluding hydrogens is 462 g/mol. The van der Waals surface area contributed by atoms with Crippen molar-refractivity contribution in [3.63, 3.8) is 0 Å². The monoisotopic (exact) mass is 487 g/mol. The fourth-order valence-corrected chi connectivity index (χ4v) is 5.89. The molecule has 0 saturated heterocycles. The lowest BCUT2D eigenvalue weighted by molar-refractivity contribution is -0.113. The van der Waals surface area contributed by atoms with Crippen molar-refractivity contribution in [3.8, 4) is 0 Å². The van der Waals surface area contributed by atoms with E-state index in [1.165, 1.54) is 28.3 Å². The first kappa shape index (κ1) is 24.3. The molecule has 2 aromatic carbocycles. The Bertz CT molecular complexity index is 1130. The van der Waals surface area contributed by atoms with Crippen LogP contribution in [-0.2, 0) is 14.8 Å². The number of hydrogen-bond donors (Lipinski definition) is 1. The van der Waals surface area contributed by atoms with Crippen LogP contribution in [0, 0.1) is 0 Å². The first-order valence-corrected chi connectivity index (χ1v) is 13.4. The fraction of sp³-hybridized carbons (Fsp3) is 0.217. The minimum Gasteiger partial charge on any atom is -0.324 e. The third kappa shape index (κ3) is 6.35. The van der Waals surface area contributed by atoms with Gasteiger partial charge in [-0.25, -0.2) is 13.4 Å². The molecule has 1 amide bonds. The van der Waals surface area contributed by atoms with Crippen LogP contribution in [0.1, 0.15) is 13.8 Å². The summed E-state index contributed by atoms with van der Waals surface area (Å²) in [4.78, 5) is 18.9. The molecule has 0 aliphatic carbocycles. The van der Waals surface area contributed by atoms with E-state index in [0.717, 1.165) is 15.5 Å². The SMILES string of the molecule is CCN(CC)S(=O)(=O)c1ccc(SCC(=O)Nc2ccccc2Sc2ccccc2)nc1. The number of anilines is 1. The second kappa shape index (κ2) is 11.5. The Balaban J connectivity index is 1.60. The summed E-state index contributed by atoms with van der Waals surface area (Å²) in [7, 11) is -3.54. The van der Waals surface area contributed by atoms with Crippen LogP contribution < -0.4 is 5.32 Å². The molecule has 0 unspecified atom stereocenters. The summed E-state index contributed by atoms with van der Waals surface area (Å²) in [6.45, 7) is 4.40. The van der Waals surface area contributed by atoms with Crippen LogP contribution >= 0.6 is 23.5 Å². The van der Waals surface area contributed by atoms with Gasteiger partial charge < -0.3 is 5.32 Å². The summed E-state index contributed by atoms with van der Waals surface area (Å²) in [6, 6.07) is 20.8. The van der Waals surface area contributed by atoms with Crippen molar-refractivity contribution in [3.05, 3.63) is 72.9 Å². The average Bonchev–Trinajstić information content (AvgIpc) is 2.80. The molecular formula is C23H25N3O3S3. The lowest BCUT2D eigenvalue weighted by Crippen LogP contribution is -2.30. The number of amides is 1. The molecule has 3 aromatic rings. The predicted molar refractivity (Wildman–Crippen MR) is 131 cm³/mol. The first-order chi connectivity index (χ1) is 15.4. The summed E-state index contributed by atoms with van der Waals surface area (Å²) in [5.74, 6) is 0.0113. The standard InChI is InChI=1S/C23H25N3O3S3/c1-3-26(4-2)32(28,29)19-14-15-23(24-16-19)30-17-22(27)25-20-12-8-9-13-21(20)31-18-10-6-5-7-11-18/h5-16H,3-4,17H2,1-2H3,(H,25,27). The third-order valence-corrected chi connectivity index (χ3v) is 8.60. The van der Waals surface area contributed by atoms with Gasteiger partial charge in [-0.05, 0) is 36.4 Å². The number of sulfonamides is 1. The van der Waals surface area contributed by atoms with Crippen LogP contribution in [0.4, 0.5) is 5.69 Å². The Morgan fingerprint density at radius 2 is 1.66 bits per heavy atom. The number of rotatable bonds is 10. The number of thioether (sulfide) groups is 1. The highest BCUT2D eigenvalue weighted by Gasteiger charge is 2.21. The van der Waals surface area contributed by atoms with Gasteiger partial charge in [0.05, 0.1) is 16.5 Å². The highest BCUT2D eigenvalue weighted by molar-refractivity contribution is 8.00. The highest BCUT2D eigenvalue weighted by atomic mass is 32.2. The van der Waals surface area contributed by atoms with Gasteiger partial charge in [0.15, 0.2) is 0 Å². The van der Waals surface area contributed by atoms with Gasteiger partial charge in [-0.15, -0.1) is 0 Å². The number of aromatic nitrogens is 1. The van der Waals surface area contributed by atoms with Crippen LogP contribution in [0.5, 0.6) is 0 Å². The molecule has 0 saturated carbocycles. The molecule has 0 radical (unpaired) electrons.